The zero-order valence-electron chi connectivity index (χ0n) is 19.3. The maximum absolute atomic E-state index is 6.29. The van der Waals surface area contributed by atoms with Gasteiger partial charge in [-0.15, -0.1) is 0 Å². The standard InChI is InChI=1S/C23H27N9O/c1-13-9-31(11-19(33-13)16-7-25-32(10-16)17-5-6-17)23-28-20(18-8-24-12-30(18)4)21-22(29-23)27-15(3)14(2)26-21/h7-8,10,12-13,17,19H,5-6,9,11H2,1-4H3/t13-,19-/m1/s1. The van der Waals surface area contributed by atoms with Crippen molar-refractivity contribution in [2.75, 3.05) is 18.0 Å². The molecule has 1 saturated heterocycles. The molecule has 0 amide bonds. The van der Waals surface area contributed by atoms with Gasteiger partial charge in [-0.2, -0.15) is 10.1 Å². The summed E-state index contributed by atoms with van der Waals surface area (Å²) in [5.41, 5.74) is 5.73. The average Bonchev–Trinajstić information content (AvgIpc) is 3.36. The number of anilines is 1. The minimum absolute atomic E-state index is 0.0262. The zero-order valence-corrected chi connectivity index (χ0v) is 19.3. The summed E-state index contributed by atoms with van der Waals surface area (Å²) >= 11 is 0. The molecule has 1 aliphatic carbocycles. The van der Waals surface area contributed by atoms with Crippen LogP contribution < -0.4 is 4.90 Å². The predicted molar refractivity (Wildman–Crippen MR) is 123 cm³/mol. The number of ether oxygens (including phenoxy) is 1. The molecule has 1 saturated carbocycles. The molecule has 0 unspecified atom stereocenters. The Kier molecular flexibility index (Phi) is 4.65. The van der Waals surface area contributed by atoms with Gasteiger partial charge in [0.1, 0.15) is 17.3 Å². The SMILES string of the molecule is Cc1nc2nc(N3C[C@@H](C)O[C@@H](c4cnn(C5CC5)c4)C3)nc(-c3cncn3C)c2nc1C. The lowest BCUT2D eigenvalue weighted by Crippen LogP contribution is -2.43. The number of aryl methyl sites for hydroxylation is 3. The van der Waals surface area contributed by atoms with Crippen LogP contribution in [0.3, 0.4) is 0 Å². The molecule has 5 heterocycles. The number of hydrogen-bond donors (Lipinski definition) is 0. The molecule has 4 aromatic heterocycles. The van der Waals surface area contributed by atoms with E-state index < -0.39 is 0 Å². The molecular weight excluding hydrogens is 418 g/mol. The topological polar surface area (TPSA) is 99.7 Å². The maximum Gasteiger partial charge on any atom is 0.228 e. The van der Waals surface area contributed by atoms with Gasteiger partial charge in [-0.1, -0.05) is 0 Å². The highest BCUT2D eigenvalue weighted by atomic mass is 16.5. The molecule has 0 N–H and O–H groups in total. The summed E-state index contributed by atoms with van der Waals surface area (Å²) in [6.07, 6.45) is 9.97. The van der Waals surface area contributed by atoms with Gasteiger partial charge in [0.2, 0.25) is 5.95 Å². The largest absolute Gasteiger partial charge is 0.367 e. The summed E-state index contributed by atoms with van der Waals surface area (Å²) in [7, 11) is 1.95. The number of morpholine rings is 1. The van der Waals surface area contributed by atoms with Crippen LogP contribution in [0.2, 0.25) is 0 Å². The minimum atomic E-state index is -0.0912. The Balaban J connectivity index is 1.41. The Bertz CT molecular complexity index is 1340. The molecule has 2 atom stereocenters. The first-order valence-corrected chi connectivity index (χ1v) is 11.4. The molecule has 0 radical (unpaired) electrons. The molecule has 10 nitrogen and oxygen atoms in total. The third-order valence-corrected chi connectivity index (χ3v) is 6.45. The maximum atomic E-state index is 6.29. The lowest BCUT2D eigenvalue weighted by molar-refractivity contribution is -0.0178. The molecule has 10 heteroatoms. The molecular formula is C23H27N9O. The van der Waals surface area contributed by atoms with Crippen LogP contribution in [0.15, 0.2) is 24.9 Å². The lowest BCUT2D eigenvalue weighted by Gasteiger charge is -2.36. The summed E-state index contributed by atoms with van der Waals surface area (Å²) in [6.45, 7) is 7.34. The monoisotopic (exact) mass is 445 g/mol. The van der Waals surface area contributed by atoms with Gasteiger partial charge >= 0.3 is 0 Å². The number of fused-ring (bicyclic) bond motifs is 1. The van der Waals surface area contributed by atoms with Crippen molar-refractivity contribution >= 4 is 17.1 Å². The van der Waals surface area contributed by atoms with Crippen LogP contribution in [-0.2, 0) is 11.8 Å². The van der Waals surface area contributed by atoms with E-state index in [2.05, 4.69) is 32.8 Å². The van der Waals surface area contributed by atoms with E-state index >= 15 is 0 Å². The molecule has 6 rings (SSSR count). The van der Waals surface area contributed by atoms with Crippen molar-refractivity contribution in [2.45, 2.75) is 51.9 Å². The van der Waals surface area contributed by atoms with Crippen LogP contribution in [0.25, 0.3) is 22.6 Å². The van der Waals surface area contributed by atoms with E-state index in [1.165, 1.54) is 12.8 Å². The second-order valence-corrected chi connectivity index (χ2v) is 9.15. The van der Waals surface area contributed by atoms with E-state index in [0.717, 1.165) is 28.3 Å². The van der Waals surface area contributed by atoms with Gasteiger partial charge in [-0.05, 0) is 33.6 Å². The second-order valence-electron chi connectivity index (χ2n) is 9.15. The predicted octanol–water partition coefficient (Wildman–Crippen LogP) is 2.93. The van der Waals surface area contributed by atoms with Gasteiger partial charge in [0.05, 0.1) is 54.5 Å². The third-order valence-electron chi connectivity index (χ3n) is 6.45. The Morgan fingerprint density at radius 1 is 1.00 bits per heavy atom. The minimum Gasteiger partial charge on any atom is -0.367 e. The van der Waals surface area contributed by atoms with E-state index in [9.17, 15) is 0 Å². The second kappa shape index (κ2) is 7.58. The summed E-state index contributed by atoms with van der Waals surface area (Å²) in [5, 5.41) is 4.55. The molecule has 0 spiro atoms. The Morgan fingerprint density at radius 3 is 2.58 bits per heavy atom. The van der Waals surface area contributed by atoms with Crippen molar-refractivity contribution in [3.05, 3.63) is 41.9 Å². The van der Waals surface area contributed by atoms with E-state index in [1.54, 1.807) is 12.5 Å². The number of aromatic nitrogens is 8. The number of nitrogens with zero attached hydrogens (tertiary/aromatic N) is 9. The van der Waals surface area contributed by atoms with E-state index in [0.29, 0.717) is 36.2 Å². The fourth-order valence-electron chi connectivity index (χ4n) is 4.36. The average molecular weight is 446 g/mol. The van der Waals surface area contributed by atoms with E-state index in [1.807, 2.05) is 31.7 Å². The fourth-order valence-corrected chi connectivity index (χ4v) is 4.36. The van der Waals surface area contributed by atoms with Crippen LogP contribution in [0, 0.1) is 13.8 Å². The number of imidazole rings is 1. The first-order valence-electron chi connectivity index (χ1n) is 11.4. The van der Waals surface area contributed by atoms with Gasteiger partial charge < -0.3 is 14.2 Å². The quantitative estimate of drug-likeness (QED) is 0.473. The molecule has 0 aromatic carbocycles. The third kappa shape index (κ3) is 3.64. The van der Waals surface area contributed by atoms with Crippen LogP contribution in [-0.4, -0.2) is 58.5 Å². The van der Waals surface area contributed by atoms with Gasteiger partial charge in [0.15, 0.2) is 5.65 Å². The molecule has 0 bridgehead atoms. The Labute approximate surface area is 191 Å². The van der Waals surface area contributed by atoms with Crippen molar-refractivity contribution < 1.29 is 4.74 Å². The zero-order chi connectivity index (χ0) is 22.7. The smallest absolute Gasteiger partial charge is 0.228 e. The van der Waals surface area contributed by atoms with Crippen molar-refractivity contribution in [3.8, 4) is 11.4 Å². The summed E-state index contributed by atoms with van der Waals surface area (Å²) in [4.78, 5) is 25.8. The fraction of sp³-hybridized carbons (Fsp3) is 0.478. The highest BCUT2D eigenvalue weighted by Crippen LogP contribution is 2.36. The highest BCUT2D eigenvalue weighted by molar-refractivity contribution is 5.86. The Hall–Kier alpha value is -3.40. The molecule has 4 aromatic rings. The number of hydrogen-bond acceptors (Lipinski definition) is 8. The summed E-state index contributed by atoms with van der Waals surface area (Å²) in [6, 6.07) is 0.548. The van der Waals surface area contributed by atoms with E-state index in [-0.39, 0.29) is 12.2 Å². The van der Waals surface area contributed by atoms with Crippen LogP contribution in [0.5, 0.6) is 0 Å². The van der Waals surface area contributed by atoms with Crippen molar-refractivity contribution in [1.29, 1.82) is 0 Å². The highest BCUT2D eigenvalue weighted by Gasteiger charge is 2.31. The lowest BCUT2D eigenvalue weighted by atomic mass is 10.1. The first kappa shape index (κ1) is 20.2. The van der Waals surface area contributed by atoms with Crippen LogP contribution >= 0.6 is 0 Å². The molecule has 1 aliphatic heterocycles. The van der Waals surface area contributed by atoms with Crippen molar-refractivity contribution in [1.82, 2.24) is 39.3 Å². The summed E-state index contributed by atoms with van der Waals surface area (Å²) in [5.74, 6) is 0.631. The van der Waals surface area contributed by atoms with Crippen LogP contribution in [0.1, 0.15) is 48.9 Å². The van der Waals surface area contributed by atoms with Crippen molar-refractivity contribution in [3.63, 3.8) is 0 Å². The number of rotatable bonds is 4. The first-order chi connectivity index (χ1) is 16.0. The van der Waals surface area contributed by atoms with Crippen molar-refractivity contribution in [2.24, 2.45) is 7.05 Å². The molecule has 170 valence electrons. The normalized spacial score (nSPS) is 21.2. The van der Waals surface area contributed by atoms with Gasteiger partial charge in [0.25, 0.3) is 0 Å². The molecule has 33 heavy (non-hydrogen) atoms. The summed E-state index contributed by atoms with van der Waals surface area (Å²) < 4.78 is 10.3. The molecule has 2 aliphatic rings. The molecule has 2 fully saturated rings. The van der Waals surface area contributed by atoms with Gasteiger partial charge in [-0.25, -0.2) is 19.9 Å². The van der Waals surface area contributed by atoms with E-state index in [4.69, 9.17) is 24.7 Å². The van der Waals surface area contributed by atoms with Crippen LogP contribution in [0.4, 0.5) is 5.95 Å². The Morgan fingerprint density at radius 2 is 1.82 bits per heavy atom. The van der Waals surface area contributed by atoms with Gasteiger partial charge in [-0.3, -0.25) is 4.68 Å². The van der Waals surface area contributed by atoms with Gasteiger partial charge in [0, 0.05) is 25.4 Å².